The van der Waals surface area contributed by atoms with Crippen molar-refractivity contribution >= 4 is 23.7 Å². The van der Waals surface area contributed by atoms with Crippen molar-refractivity contribution in [1.29, 1.82) is 0 Å². The van der Waals surface area contributed by atoms with Crippen LogP contribution in [-0.4, -0.2) is 35.3 Å². The van der Waals surface area contributed by atoms with Crippen LogP contribution in [0.15, 0.2) is 36.5 Å². The van der Waals surface area contributed by atoms with E-state index in [2.05, 4.69) is 15.2 Å². The molecule has 0 radical (unpaired) electrons. The van der Waals surface area contributed by atoms with E-state index >= 15 is 0 Å². The first kappa shape index (κ1) is 15.9. The number of pyridine rings is 1. The van der Waals surface area contributed by atoms with Crippen molar-refractivity contribution in [3.63, 3.8) is 0 Å². The molecule has 0 aliphatic carbocycles. The number of carbonyl (C=O) groups excluding carboxylic acids is 1. The highest BCUT2D eigenvalue weighted by molar-refractivity contribution is 6.33. The summed E-state index contributed by atoms with van der Waals surface area (Å²) < 4.78 is 12.9. The molecule has 1 aromatic carbocycles. The Morgan fingerprint density at radius 3 is 2.87 bits per heavy atom. The van der Waals surface area contributed by atoms with Crippen LogP contribution in [0.4, 0.5) is 10.2 Å². The summed E-state index contributed by atoms with van der Waals surface area (Å²) in [7, 11) is 0. The Morgan fingerprint density at radius 1 is 1.39 bits per heavy atom. The summed E-state index contributed by atoms with van der Waals surface area (Å²) in [6, 6.07) is 8.45. The molecule has 2 heterocycles. The van der Waals surface area contributed by atoms with Crippen LogP contribution in [0, 0.1) is 5.82 Å². The number of halogens is 2. The second kappa shape index (κ2) is 7.06. The van der Waals surface area contributed by atoms with E-state index in [1.54, 1.807) is 6.07 Å². The van der Waals surface area contributed by atoms with Gasteiger partial charge in [-0.1, -0.05) is 23.7 Å². The van der Waals surface area contributed by atoms with Crippen LogP contribution in [-0.2, 0) is 6.54 Å². The number of anilines is 1. The minimum Gasteiger partial charge on any atom is -0.365 e. The molecule has 0 saturated carbocycles. The summed E-state index contributed by atoms with van der Waals surface area (Å²) in [6.45, 7) is 2.62. The van der Waals surface area contributed by atoms with E-state index in [0.717, 1.165) is 37.9 Å². The van der Waals surface area contributed by atoms with Gasteiger partial charge in [0, 0.05) is 37.4 Å². The van der Waals surface area contributed by atoms with Crippen molar-refractivity contribution < 1.29 is 9.18 Å². The van der Waals surface area contributed by atoms with Crippen LogP contribution in [0.3, 0.4) is 0 Å². The van der Waals surface area contributed by atoms with Crippen LogP contribution in [0.1, 0.15) is 22.3 Å². The highest BCUT2D eigenvalue weighted by atomic mass is 35.5. The summed E-state index contributed by atoms with van der Waals surface area (Å²) >= 11 is 6.13. The van der Waals surface area contributed by atoms with Gasteiger partial charge in [-0.3, -0.25) is 9.69 Å². The number of nitrogens with zero attached hydrogens (tertiary/aromatic N) is 2. The molecule has 23 heavy (non-hydrogen) atoms. The fourth-order valence-corrected chi connectivity index (χ4v) is 2.99. The Hall–Kier alpha value is -1.98. The molecule has 3 rings (SSSR count). The number of likely N-dealkylation sites (tertiary alicyclic amines) is 1. The molecular weight excluding hydrogens is 317 g/mol. The van der Waals surface area contributed by atoms with Gasteiger partial charge in [-0.05, 0) is 30.2 Å². The number of hydrogen-bond donors (Lipinski definition) is 1. The van der Waals surface area contributed by atoms with Gasteiger partial charge in [0.15, 0.2) is 6.29 Å². The van der Waals surface area contributed by atoms with E-state index in [0.29, 0.717) is 16.4 Å². The first-order valence-electron chi connectivity index (χ1n) is 7.48. The maximum atomic E-state index is 12.9. The minimum atomic E-state index is -0.214. The van der Waals surface area contributed by atoms with Gasteiger partial charge >= 0.3 is 0 Å². The SMILES string of the molecule is O=Cc1cnc(N[C@@H]2CCN(Cc3ccc(F)cc3)C2)c(Cl)c1. The number of rotatable bonds is 5. The molecule has 0 amide bonds. The number of benzene rings is 1. The van der Waals surface area contributed by atoms with Crippen molar-refractivity contribution in [2.75, 3.05) is 18.4 Å². The lowest BCUT2D eigenvalue weighted by Crippen LogP contribution is -2.26. The highest BCUT2D eigenvalue weighted by Gasteiger charge is 2.23. The molecule has 1 fully saturated rings. The maximum Gasteiger partial charge on any atom is 0.151 e. The summed E-state index contributed by atoms with van der Waals surface area (Å²) in [4.78, 5) is 17.2. The third-order valence-corrected chi connectivity index (χ3v) is 4.22. The average molecular weight is 334 g/mol. The second-order valence-corrected chi connectivity index (χ2v) is 6.12. The quantitative estimate of drug-likeness (QED) is 0.852. The lowest BCUT2D eigenvalue weighted by molar-refractivity contribution is 0.112. The Balaban J connectivity index is 1.57. The largest absolute Gasteiger partial charge is 0.365 e. The number of aromatic nitrogens is 1. The molecule has 6 heteroatoms. The van der Waals surface area contributed by atoms with E-state index in [4.69, 9.17) is 11.6 Å². The maximum absolute atomic E-state index is 12.9. The molecule has 1 N–H and O–H groups in total. The van der Waals surface area contributed by atoms with Crippen molar-refractivity contribution in [2.24, 2.45) is 0 Å². The van der Waals surface area contributed by atoms with Crippen LogP contribution in [0.5, 0.6) is 0 Å². The van der Waals surface area contributed by atoms with Gasteiger partial charge in [-0.25, -0.2) is 9.37 Å². The minimum absolute atomic E-state index is 0.214. The van der Waals surface area contributed by atoms with Gasteiger partial charge in [0.1, 0.15) is 11.6 Å². The fourth-order valence-electron chi connectivity index (χ4n) is 2.76. The third kappa shape index (κ3) is 4.06. The molecule has 1 aliphatic heterocycles. The zero-order valence-corrected chi connectivity index (χ0v) is 13.3. The van der Waals surface area contributed by atoms with Gasteiger partial charge in [0.05, 0.1) is 5.02 Å². The van der Waals surface area contributed by atoms with Gasteiger partial charge in [0.2, 0.25) is 0 Å². The van der Waals surface area contributed by atoms with E-state index in [9.17, 15) is 9.18 Å². The fraction of sp³-hybridized carbons (Fsp3) is 0.294. The Morgan fingerprint density at radius 2 is 2.17 bits per heavy atom. The Labute approximate surface area is 139 Å². The first-order valence-corrected chi connectivity index (χ1v) is 7.86. The van der Waals surface area contributed by atoms with E-state index in [-0.39, 0.29) is 11.9 Å². The molecule has 1 aliphatic rings. The topological polar surface area (TPSA) is 45.2 Å². The normalized spacial score (nSPS) is 18.1. The predicted molar refractivity (Wildman–Crippen MR) is 88.3 cm³/mol. The number of carbonyl (C=O) groups is 1. The van der Waals surface area contributed by atoms with E-state index < -0.39 is 0 Å². The van der Waals surface area contributed by atoms with E-state index in [1.165, 1.54) is 18.3 Å². The molecule has 4 nitrogen and oxygen atoms in total. The van der Waals surface area contributed by atoms with Gasteiger partial charge in [-0.2, -0.15) is 0 Å². The van der Waals surface area contributed by atoms with Crippen LogP contribution in [0.2, 0.25) is 5.02 Å². The summed E-state index contributed by atoms with van der Waals surface area (Å²) in [5, 5.41) is 3.78. The first-order chi connectivity index (χ1) is 11.1. The highest BCUT2D eigenvalue weighted by Crippen LogP contribution is 2.23. The molecule has 1 aromatic heterocycles. The zero-order valence-electron chi connectivity index (χ0n) is 12.5. The van der Waals surface area contributed by atoms with Gasteiger partial charge in [-0.15, -0.1) is 0 Å². The van der Waals surface area contributed by atoms with Crippen molar-refractivity contribution in [1.82, 2.24) is 9.88 Å². The second-order valence-electron chi connectivity index (χ2n) is 5.71. The number of aldehydes is 1. The standard InChI is InChI=1S/C17H17ClFN3O/c18-16-7-13(11-23)8-20-17(16)21-15-5-6-22(10-15)9-12-1-3-14(19)4-2-12/h1-4,7-8,11,15H,5-6,9-10H2,(H,20,21)/t15-/m1/s1. The van der Waals surface area contributed by atoms with Crippen molar-refractivity contribution in [3.05, 3.63) is 58.5 Å². The summed E-state index contributed by atoms with van der Waals surface area (Å²) in [5.74, 6) is 0.389. The average Bonchev–Trinajstić information content (AvgIpc) is 2.99. The Bertz CT molecular complexity index is 693. The molecule has 0 bridgehead atoms. The summed E-state index contributed by atoms with van der Waals surface area (Å²) in [6.07, 6.45) is 3.21. The lowest BCUT2D eigenvalue weighted by atomic mass is 10.2. The van der Waals surface area contributed by atoms with Crippen LogP contribution < -0.4 is 5.32 Å². The zero-order chi connectivity index (χ0) is 16.2. The van der Waals surface area contributed by atoms with Crippen LogP contribution in [0.25, 0.3) is 0 Å². The van der Waals surface area contributed by atoms with Crippen molar-refractivity contribution in [3.8, 4) is 0 Å². The van der Waals surface area contributed by atoms with Crippen molar-refractivity contribution in [2.45, 2.75) is 19.0 Å². The number of nitrogens with one attached hydrogen (secondary N) is 1. The molecular formula is C17H17ClFN3O. The van der Waals surface area contributed by atoms with Gasteiger partial charge in [0.25, 0.3) is 0 Å². The molecule has 1 atom stereocenters. The predicted octanol–water partition coefficient (Wildman–Crippen LogP) is 3.37. The smallest absolute Gasteiger partial charge is 0.151 e. The van der Waals surface area contributed by atoms with Crippen LogP contribution >= 0.6 is 11.6 Å². The Kier molecular flexibility index (Phi) is 4.88. The molecule has 1 saturated heterocycles. The molecule has 0 unspecified atom stereocenters. The van der Waals surface area contributed by atoms with E-state index in [1.807, 2.05) is 12.1 Å². The number of hydrogen-bond acceptors (Lipinski definition) is 4. The lowest BCUT2D eigenvalue weighted by Gasteiger charge is -2.17. The molecule has 2 aromatic rings. The van der Waals surface area contributed by atoms with Gasteiger partial charge < -0.3 is 5.32 Å². The summed E-state index contributed by atoms with van der Waals surface area (Å²) in [5.41, 5.74) is 1.56. The molecule has 0 spiro atoms. The third-order valence-electron chi connectivity index (χ3n) is 3.93. The monoisotopic (exact) mass is 333 g/mol. The molecule has 120 valence electrons.